The number of fused-ring (bicyclic) bond motifs is 4. The number of carbonyl (C=O) groups is 4. The van der Waals surface area contributed by atoms with Gasteiger partial charge in [-0.15, -0.1) is 0 Å². The standard InChI is InChI=1S/C30H40O12/c1-19(31)15-29-23(27(33)34)13-25(29)39-10-8-37-6-7-38-9-11-40-26-14-24(28(35)36)30(26,16-20(2)32)42-18-22-5-3-4-21(12-22)17-41-29/h3-5,12,23-26H,6-11,13-18H2,1-2H3,(H,33,34)(H,35,36)/t23-,24-,25?,26?,29-,30-/m0/s1. The van der Waals surface area contributed by atoms with Gasteiger partial charge in [-0.05, 0) is 37.8 Å². The molecule has 2 saturated carbocycles. The molecule has 1 heterocycles. The zero-order chi connectivity index (χ0) is 30.3. The van der Waals surface area contributed by atoms with Gasteiger partial charge in [0.25, 0.3) is 0 Å². The van der Waals surface area contributed by atoms with Crippen LogP contribution in [-0.4, -0.2) is 96.8 Å². The third-order valence-electron chi connectivity index (χ3n) is 8.29. The summed E-state index contributed by atoms with van der Waals surface area (Å²) in [6.07, 6.45) is -1.01. The Labute approximate surface area is 244 Å². The summed E-state index contributed by atoms with van der Waals surface area (Å²) in [5, 5.41) is 19.8. The first-order valence-electron chi connectivity index (χ1n) is 14.3. The predicted octanol–water partition coefficient (Wildman–Crippen LogP) is 2.18. The van der Waals surface area contributed by atoms with Gasteiger partial charge in [0.05, 0.1) is 76.9 Å². The van der Waals surface area contributed by atoms with Crippen molar-refractivity contribution in [3.8, 4) is 0 Å². The minimum Gasteiger partial charge on any atom is -0.481 e. The topological polar surface area (TPSA) is 164 Å². The monoisotopic (exact) mass is 592 g/mol. The van der Waals surface area contributed by atoms with Crippen molar-refractivity contribution in [1.82, 2.24) is 0 Å². The van der Waals surface area contributed by atoms with Gasteiger partial charge in [0, 0.05) is 12.8 Å². The van der Waals surface area contributed by atoms with Gasteiger partial charge in [0.15, 0.2) is 0 Å². The van der Waals surface area contributed by atoms with Gasteiger partial charge in [-0.3, -0.25) is 19.2 Å². The third-order valence-corrected chi connectivity index (χ3v) is 8.29. The number of hydrogen-bond donors (Lipinski definition) is 2. The summed E-state index contributed by atoms with van der Waals surface area (Å²) in [7, 11) is 0. The molecule has 3 aliphatic rings. The molecule has 6 atom stereocenters. The Kier molecular flexibility index (Phi) is 10.8. The Morgan fingerprint density at radius 3 is 1.50 bits per heavy atom. The highest BCUT2D eigenvalue weighted by Gasteiger charge is 2.62. The van der Waals surface area contributed by atoms with E-state index in [1.54, 1.807) is 18.2 Å². The number of ether oxygens (including phenoxy) is 6. The van der Waals surface area contributed by atoms with Crippen LogP contribution in [0.1, 0.15) is 50.7 Å². The summed E-state index contributed by atoms with van der Waals surface area (Å²) in [4.78, 5) is 48.7. The molecule has 2 bridgehead atoms. The summed E-state index contributed by atoms with van der Waals surface area (Å²) in [6.45, 7) is 4.28. The molecule has 2 N–H and O–H groups in total. The van der Waals surface area contributed by atoms with E-state index < -0.39 is 47.2 Å². The highest BCUT2D eigenvalue weighted by molar-refractivity contribution is 5.81. The summed E-state index contributed by atoms with van der Waals surface area (Å²) in [5.74, 6) is -4.36. The summed E-state index contributed by atoms with van der Waals surface area (Å²) >= 11 is 0. The first-order chi connectivity index (χ1) is 20.1. The van der Waals surface area contributed by atoms with Crippen LogP contribution in [-0.2, 0) is 60.8 Å². The number of carboxylic acids is 2. The van der Waals surface area contributed by atoms with Gasteiger partial charge >= 0.3 is 11.9 Å². The third kappa shape index (κ3) is 7.24. The Hall–Kier alpha value is -2.74. The fourth-order valence-electron chi connectivity index (χ4n) is 6.20. The fourth-order valence-corrected chi connectivity index (χ4v) is 6.20. The maximum Gasteiger partial charge on any atom is 0.309 e. The van der Waals surface area contributed by atoms with Crippen molar-refractivity contribution in [2.24, 2.45) is 11.8 Å². The first kappa shape index (κ1) is 32.2. The molecule has 1 aromatic carbocycles. The lowest BCUT2D eigenvalue weighted by Gasteiger charge is -2.52. The Bertz CT molecular complexity index is 1050. The summed E-state index contributed by atoms with van der Waals surface area (Å²) in [6, 6.07) is 7.20. The average Bonchev–Trinajstić information content (AvgIpc) is 2.91. The maximum atomic E-state index is 12.2. The van der Waals surface area contributed by atoms with E-state index in [1.807, 2.05) is 6.07 Å². The number of carboxylic acid groups (broad SMARTS) is 2. The molecular weight excluding hydrogens is 552 g/mol. The smallest absolute Gasteiger partial charge is 0.309 e. The molecule has 0 spiro atoms. The summed E-state index contributed by atoms with van der Waals surface area (Å²) < 4.78 is 35.6. The number of ketones is 2. The SMILES string of the molecule is CC(=O)C[C@@]12OCc3cccc(c3)CO[C@]3(CC(C)=O)C(C[C@H]3C(=O)O)OCCOCCOCCOC1C[C@H]2C(=O)O. The summed E-state index contributed by atoms with van der Waals surface area (Å²) in [5.41, 5.74) is -1.25. The van der Waals surface area contributed by atoms with E-state index >= 15 is 0 Å². The Morgan fingerprint density at radius 1 is 0.714 bits per heavy atom. The quantitative estimate of drug-likeness (QED) is 0.496. The number of aliphatic carboxylic acids is 2. The number of carbonyl (C=O) groups excluding carboxylic acids is 2. The zero-order valence-electron chi connectivity index (χ0n) is 24.1. The number of Topliss-reactive ketones (excluding diaryl/α,β-unsaturated/α-hetero) is 2. The highest BCUT2D eigenvalue weighted by atomic mass is 16.6. The minimum atomic E-state index is -1.33. The molecule has 232 valence electrons. The number of rotatable bonds is 6. The first-order valence-corrected chi connectivity index (χ1v) is 14.3. The van der Waals surface area contributed by atoms with E-state index in [-0.39, 0.29) is 76.9 Å². The van der Waals surface area contributed by atoms with E-state index in [1.165, 1.54) is 13.8 Å². The zero-order valence-corrected chi connectivity index (χ0v) is 24.1. The van der Waals surface area contributed by atoms with Gasteiger partial charge in [-0.25, -0.2) is 0 Å². The Balaban J connectivity index is 1.58. The predicted molar refractivity (Wildman–Crippen MR) is 145 cm³/mol. The molecule has 1 aliphatic heterocycles. The molecule has 2 fully saturated rings. The van der Waals surface area contributed by atoms with Crippen molar-refractivity contribution in [2.75, 3.05) is 39.6 Å². The van der Waals surface area contributed by atoms with Crippen LogP contribution in [0.15, 0.2) is 24.3 Å². The molecule has 1 aromatic rings. The number of benzene rings is 1. The van der Waals surface area contributed by atoms with Crippen molar-refractivity contribution in [3.63, 3.8) is 0 Å². The average molecular weight is 593 g/mol. The van der Waals surface area contributed by atoms with E-state index in [0.29, 0.717) is 24.3 Å². The molecule has 0 saturated heterocycles. The van der Waals surface area contributed by atoms with Crippen LogP contribution in [0.4, 0.5) is 0 Å². The van der Waals surface area contributed by atoms with Crippen LogP contribution in [0.25, 0.3) is 0 Å². The van der Waals surface area contributed by atoms with Gasteiger partial charge in [0.2, 0.25) is 0 Å². The lowest BCUT2D eigenvalue weighted by atomic mass is 9.64. The molecular formula is C30H40O12. The molecule has 0 aromatic heterocycles. The number of hydrogen-bond acceptors (Lipinski definition) is 10. The molecule has 4 rings (SSSR count). The second-order valence-electron chi connectivity index (χ2n) is 11.3. The largest absolute Gasteiger partial charge is 0.481 e. The lowest BCUT2D eigenvalue weighted by molar-refractivity contribution is -0.250. The van der Waals surface area contributed by atoms with Gasteiger partial charge in [-0.2, -0.15) is 0 Å². The van der Waals surface area contributed by atoms with Crippen molar-refractivity contribution < 1.29 is 57.8 Å². The van der Waals surface area contributed by atoms with Crippen molar-refractivity contribution >= 4 is 23.5 Å². The molecule has 42 heavy (non-hydrogen) atoms. The van der Waals surface area contributed by atoms with Gasteiger partial charge in [-0.1, -0.05) is 24.3 Å². The van der Waals surface area contributed by atoms with Crippen LogP contribution in [0.5, 0.6) is 0 Å². The van der Waals surface area contributed by atoms with Gasteiger partial charge in [0.1, 0.15) is 22.8 Å². The van der Waals surface area contributed by atoms with Crippen molar-refractivity contribution in [1.29, 1.82) is 0 Å². The van der Waals surface area contributed by atoms with Crippen LogP contribution in [0.3, 0.4) is 0 Å². The molecule has 2 aliphatic carbocycles. The van der Waals surface area contributed by atoms with Crippen LogP contribution >= 0.6 is 0 Å². The van der Waals surface area contributed by atoms with E-state index in [9.17, 15) is 29.4 Å². The molecule has 2 unspecified atom stereocenters. The maximum absolute atomic E-state index is 12.2. The normalized spacial score (nSPS) is 32.9. The minimum absolute atomic E-state index is 0.0146. The van der Waals surface area contributed by atoms with E-state index in [0.717, 1.165) is 0 Å². The van der Waals surface area contributed by atoms with Crippen molar-refractivity contribution in [2.45, 2.75) is 76.2 Å². The molecule has 0 amide bonds. The molecule has 12 heteroatoms. The van der Waals surface area contributed by atoms with Crippen LogP contribution in [0.2, 0.25) is 0 Å². The molecule has 0 radical (unpaired) electrons. The fraction of sp³-hybridized carbons (Fsp3) is 0.667. The second kappa shape index (κ2) is 14.2. The van der Waals surface area contributed by atoms with E-state index in [4.69, 9.17) is 28.4 Å². The second-order valence-corrected chi connectivity index (χ2v) is 11.3. The van der Waals surface area contributed by atoms with E-state index in [2.05, 4.69) is 0 Å². The van der Waals surface area contributed by atoms with Gasteiger partial charge < -0.3 is 38.6 Å². The lowest BCUT2D eigenvalue weighted by Crippen LogP contribution is -2.65. The van der Waals surface area contributed by atoms with Crippen LogP contribution in [0, 0.1) is 11.8 Å². The Morgan fingerprint density at radius 2 is 1.12 bits per heavy atom. The molecule has 12 nitrogen and oxygen atoms in total. The van der Waals surface area contributed by atoms with Crippen LogP contribution < -0.4 is 0 Å². The van der Waals surface area contributed by atoms with Crippen molar-refractivity contribution in [3.05, 3.63) is 35.4 Å². The highest BCUT2D eigenvalue weighted by Crippen LogP contribution is 2.49.